The summed E-state index contributed by atoms with van der Waals surface area (Å²) in [4.78, 5) is 22.2. The summed E-state index contributed by atoms with van der Waals surface area (Å²) in [5.41, 5.74) is 0.637. The van der Waals surface area contributed by atoms with Crippen molar-refractivity contribution >= 4 is 11.9 Å². The maximum absolute atomic E-state index is 13.2. The number of aliphatic imine (C=N–C) groups is 1. The number of amidine groups is 1. The Kier molecular flexibility index (Phi) is 3.99. The Balaban J connectivity index is 1.50. The molecule has 154 valence electrons. The van der Waals surface area contributed by atoms with Crippen LogP contribution < -0.4 is 10.6 Å². The first-order chi connectivity index (χ1) is 13.4. The van der Waals surface area contributed by atoms with Gasteiger partial charge in [-0.3, -0.25) is 9.80 Å². The second-order valence-corrected chi connectivity index (χ2v) is 9.82. The molecule has 3 aliphatic heterocycles. The Morgan fingerprint density at radius 1 is 1.21 bits per heavy atom. The zero-order valence-corrected chi connectivity index (χ0v) is 17.3. The molecule has 0 aromatic rings. The molecule has 2 amide bonds. The number of fused-ring (bicyclic) bond motifs is 5. The average Bonchev–Trinajstić information content (AvgIpc) is 3.31. The van der Waals surface area contributed by atoms with E-state index in [1.54, 1.807) is 0 Å². The minimum atomic E-state index is -0.450. The largest absolute Gasteiger partial charge is 0.390 e. The van der Waals surface area contributed by atoms with Crippen LogP contribution >= 0.6 is 0 Å². The van der Waals surface area contributed by atoms with Crippen molar-refractivity contribution in [3.63, 3.8) is 0 Å². The van der Waals surface area contributed by atoms with E-state index in [1.807, 2.05) is 9.80 Å². The van der Waals surface area contributed by atoms with Crippen LogP contribution in [-0.4, -0.2) is 57.7 Å². The summed E-state index contributed by atoms with van der Waals surface area (Å²) >= 11 is 0. The lowest BCUT2D eigenvalue weighted by atomic mass is 9.58. The van der Waals surface area contributed by atoms with Gasteiger partial charge in [-0.25, -0.2) is 9.79 Å². The minimum Gasteiger partial charge on any atom is -0.390 e. The van der Waals surface area contributed by atoms with Gasteiger partial charge in [-0.05, 0) is 50.9 Å². The Morgan fingerprint density at radius 3 is 2.50 bits per heavy atom. The molecule has 1 saturated heterocycles. The zero-order chi connectivity index (χ0) is 19.7. The van der Waals surface area contributed by atoms with E-state index in [9.17, 15) is 9.90 Å². The van der Waals surface area contributed by atoms with Crippen LogP contribution in [0.4, 0.5) is 4.79 Å². The van der Waals surface area contributed by atoms with Crippen molar-refractivity contribution in [1.82, 2.24) is 20.4 Å². The van der Waals surface area contributed by atoms with Crippen LogP contribution in [0.25, 0.3) is 0 Å². The van der Waals surface area contributed by atoms with Gasteiger partial charge in [0, 0.05) is 24.5 Å². The fourth-order valence-corrected chi connectivity index (χ4v) is 5.69. The van der Waals surface area contributed by atoms with E-state index in [2.05, 4.69) is 31.4 Å². The smallest absolute Gasteiger partial charge is 0.327 e. The van der Waals surface area contributed by atoms with Gasteiger partial charge in [0.05, 0.1) is 5.60 Å². The zero-order valence-electron chi connectivity index (χ0n) is 17.3. The highest BCUT2D eigenvalue weighted by molar-refractivity contribution is 5.94. The predicted octanol–water partition coefficient (Wildman–Crippen LogP) is 2.34. The lowest BCUT2D eigenvalue weighted by molar-refractivity contribution is -0.0705. The van der Waals surface area contributed by atoms with E-state index < -0.39 is 5.60 Å². The molecule has 7 heteroatoms. The molecule has 2 bridgehead atoms. The van der Waals surface area contributed by atoms with Gasteiger partial charge >= 0.3 is 6.03 Å². The Hall–Kier alpha value is -1.76. The fraction of sp³-hybridized carbons (Fsp3) is 0.810. The molecule has 1 unspecified atom stereocenters. The second kappa shape index (κ2) is 6.12. The third kappa shape index (κ3) is 2.51. The van der Waals surface area contributed by atoms with Gasteiger partial charge in [0.1, 0.15) is 17.4 Å². The van der Waals surface area contributed by atoms with E-state index >= 15 is 0 Å². The number of carbonyl (C=O) groups is 1. The van der Waals surface area contributed by atoms with Crippen LogP contribution in [0, 0.1) is 11.3 Å². The summed E-state index contributed by atoms with van der Waals surface area (Å²) < 4.78 is 0. The van der Waals surface area contributed by atoms with Crippen LogP contribution in [0.3, 0.4) is 0 Å². The first kappa shape index (κ1) is 18.3. The highest BCUT2D eigenvalue weighted by Crippen LogP contribution is 2.53. The summed E-state index contributed by atoms with van der Waals surface area (Å²) in [5.74, 6) is 2.44. The van der Waals surface area contributed by atoms with Crippen molar-refractivity contribution in [3.8, 4) is 0 Å². The number of hydrogen-bond donors (Lipinski definition) is 3. The van der Waals surface area contributed by atoms with Crippen molar-refractivity contribution < 1.29 is 9.90 Å². The molecule has 28 heavy (non-hydrogen) atoms. The predicted molar refractivity (Wildman–Crippen MR) is 107 cm³/mol. The van der Waals surface area contributed by atoms with E-state index in [-0.39, 0.29) is 23.7 Å². The topological polar surface area (TPSA) is 80.2 Å². The summed E-state index contributed by atoms with van der Waals surface area (Å²) in [5, 5.41) is 17.9. The molecule has 3 aliphatic carbocycles. The fourth-order valence-electron chi connectivity index (χ4n) is 5.69. The molecule has 3 heterocycles. The highest BCUT2D eigenvalue weighted by Gasteiger charge is 2.54. The molecular weight excluding hydrogens is 354 g/mol. The molecule has 0 aromatic heterocycles. The van der Waals surface area contributed by atoms with Gasteiger partial charge in [0.15, 0.2) is 6.17 Å². The molecule has 0 spiro atoms. The lowest BCUT2D eigenvalue weighted by Crippen LogP contribution is -2.54. The molecule has 3 N–H and O–H groups in total. The van der Waals surface area contributed by atoms with Crippen molar-refractivity contribution in [1.29, 1.82) is 0 Å². The SMILES string of the molecule is CCCN1C(=O)N2C[C@@H](C(C)C)NC2=C2NC(C34CCC(O)(CC3)CC4)=NC21. The third-order valence-electron chi connectivity index (χ3n) is 7.74. The summed E-state index contributed by atoms with van der Waals surface area (Å²) in [7, 11) is 0. The van der Waals surface area contributed by atoms with E-state index in [0.29, 0.717) is 12.5 Å². The number of rotatable bonds is 4. The molecule has 7 nitrogen and oxygen atoms in total. The molecule has 6 rings (SSSR count). The first-order valence-electron chi connectivity index (χ1n) is 11.0. The van der Waals surface area contributed by atoms with Crippen LogP contribution in [0.5, 0.6) is 0 Å². The Bertz CT molecular complexity index is 733. The van der Waals surface area contributed by atoms with Gasteiger partial charge < -0.3 is 15.7 Å². The van der Waals surface area contributed by atoms with Gasteiger partial charge in [-0.1, -0.05) is 20.8 Å². The molecule has 4 fully saturated rings. The Morgan fingerprint density at radius 2 is 1.89 bits per heavy atom. The first-order valence-corrected chi connectivity index (χ1v) is 11.0. The van der Waals surface area contributed by atoms with Gasteiger partial charge in [0.2, 0.25) is 0 Å². The van der Waals surface area contributed by atoms with Crippen LogP contribution in [0.2, 0.25) is 0 Å². The maximum Gasteiger partial charge on any atom is 0.327 e. The standard InChI is InChI=1S/C21H33N5O2/c1-4-11-25-17-15(16-22-14(13(2)3)12-26(16)19(25)27)23-18(24-17)20-5-8-21(28,9-6-20)10-7-20/h13-14,17,22,28H,4-12H2,1-3H3,(H,23,24)/t14-,17?,20?,21?/m0/s1. The number of nitrogens with one attached hydrogen (secondary N) is 2. The highest BCUT2D eigenvalue weighted by atomic mass is 16.3. The monoisotopic (exact) mass is 387 g/mol. The maximum atomic E-state index is 13.2. The third-order valence-corrected chi connectivity index (χ3v) is 7.74. The van der Waals surface area contributed by atoms with Gasteiger partial charge in [0.25, 0.3) is 0 Å². The van der Waals surface area contributed by atoms with E-state index in [0.717, 1.165) is 68.8 Å². The number of aliphatic hydroxyl groups is 1. The number of hydrogen-bond acceptors (Lipinski definition) is 5. The van der Waals surface area contributed by atoms with Crippen LogP contribution in [-0.2, 0) is 0 Å². The average molecular weight is 388 g/mol. The molecule has 2 atom stereocenters. The van der Waals surface area contributed by atoms with Crippen LogP contribution in [0.1, 0.15) is 65.7 Å². The second-order valence-electron chi connectivity index (χ2n) is 9.82. The molecule has 0 aromatic carbocycles. The number of urea groups is 1. The summed E-state index contributed by atoms with van der Waals surface area (Å²) in [6.45, 7) is 7.94. The van der Waals surface area contributed by atoms with Crippen molar-refractivity contribution in [2.45, 2.75) is 83.5 Å². The van der Waals surface area contributed by atoms with E-state index in [1.165, 1.54) is 0 Å². The van der Waals surface area contributed by atoms with Crippen molar-refractivity contribution in [2.75, 3.05) is 13.1 Å². The number of carbonyl (C=O) groups excluding carboxylic acids is 1. The normalized spacial score (nSPS) is 39.2. The molecular formula is C21H33N5O2. The van der Waals surface area contributed by atoms with Crippen LogP contribution in [0.15, 0.2) is 16.5 Å². The summed E-state index contributed by atoms with van der Waals surface area (Å²) in [6.07, 6.45) is 6.23. The minimum absolute atomic E-state index is 0.0389. The molecule has 6 aliphatic rings. The van der Waals surface area contributed by atoms with E-state index in [4.69, 9.17) is 4.99 Å². The van der Waals surface area contributed by atoms with Crippen molar-refractivity contribution in [3.05, 3.63) is 11.5 Å². The molecule has 0 radical (unpaired) electrons. The quantitative estimate of drug-likeness (QED) is 0.692. The number of amides is 2. The number of nitrogens with zero attached hydrogens (tertiary/aromatic N) is 3. The Labute approximate surface area is 167 Å². The van der Waals surface area contributed by atoms with Gasteiger partial charge in [-0.2, -0.15) is 0 Å². The summed E-state index contributed by atoms with van der Waals surface area (Å²) in [6, 6.07) is 0.351. The lowest BCUT2D eigenvalue weighted by Gasteiger charge is -2.50. The molecule has 3 saturated carbocycles. The van der Waals surface area contributed by atoms with Crippen molar-refractivity contribution in [2.24, 2.45) is 16.3 Å². The van der Waals surface area contributed by atoms with Gasteiger partial charge in [-0.15, -0.1) is 0 Å².